The van der Waals surface area contributed by atoms with Crippen LogP contribution in [-0.2, 0) is 0 Å². The smallest absolute Gasteiger partial charge is 0.0195 e. The topological polar surface area (TPSA) is 15.3 Å². The first kappa shape index (κ1) is 9.47. The normalized spacial score (nSPS) is 31.8. The van der Waals surface area contributed by atoms with Crippen molar-refractivity contribution in [2.75, 3.05) is 26.2 Å². The molecule has 0 saturated carbocycles. The third kappa shape index (κ3) is 2.96. The van der Waals surface area contributed by atoms with E-state index >= 15 is 0 Å². The molecular weight excluding hydrogens is 160 g/mol. The lowest BCUT2D eigenvalue weighted by atomic mass is 10.0. The summed E-state index contributed by atoms with van der Waals surface area (Å²) in [6.07, 6.45) is 8.52. The minimum absolute atomic E-state index is 0.798. The second kappa shape index (κ2) is 4.97. The lowest BCUT2D eigenvalue weighted by Gasteiger charge is -2.32. The Balaban J connectivity index is 1.69. The molecule has 2 nitrogen and oxygen atoms in total. The summed E-state index contributed by atoms with van der Waals surface area (Å²) in [5, 5.41) is 3.62. The Morgan fingerprint density at radius 3 is 2.54 bits per heavy atom. The second-order valence-corrected chi connectivity index (χ2v) is 4.51. The summed E-state index contributed by atoms with van der Waals surface area (Å²) in [6, 6.07) is 0.798. The maximum atomic E-state index is 3.62. The van der Waals surface area contributed by atoms with E-state index in [1.807, 2.05) is 0 Å². The lowest BCUT2D eigenvalue weighted by molar-refractivity contribution is 0.193. The molecule has 0 aromatic heterocycles. The number of rotatable bonds is 2. The van der Waals surface area contributed by atoms with E-state index in [0.717, 1.165) is 6.04 Å². The fourth-order valence-corrected chi connectivity index (χ4v) is 2.53. The summed E-state index contributed by atoms with van der Waals surface area (Å²) in [5.41, 5.74) is 0. The van der Waals surface area contributed by atoms with E-state index in [-0.39, 0.29) is 0 Å². The first-order valence-electron chi connectivity index (χ1n) is 5.91. The van der Waals surface area contributed by atoms with Gasteiger partial charge in [-0.05, 0) is 45.3 Å². The van der Waals surface area contributed by atoms with Crippen molar-refractivity contribution in [2.24, 2.45) is 0 Å². The van der Waals surface area contributed by atoms with E-state index in [1.54, 1.807) is 0 Å². The van der Waals surface area contributed by atoms with Crippen LogP contribution in [0.2, 0.25) is 0 Å². The van der Waals surface area contributed by atoms with Crippen molar-refractivity contribution < 1.29 is 0 Å². The highest BCUT2D eigenvalue weighted by atomic mass is 15.2. The molecule has 76 valence electrons. The highest BCUT2D eigenvalue weighted by molar-refractivity contribution is 4.77. The summed E-state index contributed by atoms with van der Waals surface area (Å²) >= 11 is 0. The van der Waals surface area contributed by atoms with Crippen molar-refractivity contribution in [3.8, 4) is 0 Å². The van der Waals surface area contributed by atoms with Crippen molar-refractivity contribution >= 4 is 0 Å². The zero-order chi connectivity index (χ0) is 8.93. The summed E-state index contributed by atoms with van der Waals surface area (Å²) in [6.45, 7) is 5.24. The van der Waals surface area contributed by atoms with Crippen LogP contribution in [0.15, 0.2) is 0 Å². The third-order valence-electron chi connectivity index (χ3n) is 3.34. The van der Waals surface area contributed by atoms with E-state index in [9.17, 15) is 0 Å². The molecule has 0 aromatic carbocycles. The standard InChI is InChI=1S/C11H22N2/c1-4-8-13(9-5-1)10-11-6-2-3-7-12-11/h11-12H,1-10H2/t11-/m0/s1. The molecule has 2 saturated heterocycles. The SMILES string of the molecule is C1CCN(C[C@@H]2CCCCN2)CC1. The second-order valence-electron chi connectivity index (χ2n) is 4.51. The van der Waals surface area contributed by atoms with Crippen molar-refractivity contribution in [3.05, 3.63) is 0 Å². The molecule has 2 heteroatoms. The molecule has 1 N–H and O–H groups in total. The Morgan fingerprint density at radius 1 is 1.00 bits per heavy atom. The Bertz CT molecular complexity index is 119. The molecule has 0 unspecified atom stereocenters. The summed E-state index contributed by atoms with van der Waals surface area (Å²) < 4.78 is 0. The van der Waals surface area contributed by atoms with Crippen molar-refractivity contribution in [2.45, 2.75) is 44.6 Å². The molecule has 2 heterocycles. The third-order valence-corrected chi connectivity index (χ3v) is 3.34. The Labute approximate surface area is 81.7 Å². The minimum Gasteiger partial charge on any atom is -0.313 e. The van der Waals surface area contributed by atoms with Gasteiger partial charge in [0.25, 0.3) is 0 Å². The van der Waals surface area contributed by atoms with E-state index in [4.69, 9.17) is 0 Å². The predicted molar refractivity (Wildman–Crippen MR) is 55.9 cm³/mol. The molecule has 0 amide bonds. The predicted octanol–water partition coefficient (Wildman–Crippen LogP) is 1.61. The number of nitrogens with one attached hydrogen (secondary N) is 1. The zero-order valence-corrected chi connectivity index (χ0v) is 8.60. The molecule has 0 bridgehead atoms. The van der Waals surface area contributed by atoms with Crippen LogP contribution in [0.3, 0.4) is 0 Å². The molecule has 2 aliphatic heterocycles. The van der Waals surface area contributed by atoms with Gasteiger partial charge in [-0.3, -0.25) is 0 Å². The van der Waals surface area contributed by atoms with Crippen LogP contribution in [-0.4, -0.2) is 37.1 Å². The fraction of sp³-hybridized carbons (Fsp3) is 1.00. The van der Waals surface area contributed by atoms with Crippen LogP contribution in [0.5, 0.6) is 0 Å². The summed E-state index contributed by atoms with van der Waals surface area (Å²) in [4.78, 5) is 2.65. The Hall–Kier alpha value is -0.0800. The first-order valence-corrected chi connectivity index (χ1v) is 5.91. The number of likely N-dealkylation sites (tertiary alicyclic amines) is 1. The maximum absolute atomic E-state index is 3.62. The average molecular weight is 182 g/mol. The highest BCUT2D eigenvalue weighted by Crippen LogP contribution is 2.12. The molecule has 2 fully saturated rings. The summed E-state index contributed by atoms with van der Waals surface area (Å²) in [5.74, 6) is 0. The van der Waals surface area contributed by atoms with Crippen LogP contribution in [0, 0.1) is 0 Å². The van der Waals surface area contributed by atoms with Gasteiger partial charge in [-0.2, -0.15) is 0 Å². The van der Waals surface area contributed by atoms with E-state index in [1.165, 1.54) is 64.7 Å². The van der Waals surface area contributed by atoms with Gasteiger partial charge >= 0.3 is 0 Å². The van der Waals surface area contributed by atoms with Crippen LogP contribution in [0.25, 0.3) is 0 Å². The molecule has 0 aliphatic carbocycles. The van der Waals surface area contributed by atoms with E-state index in [0.29, 0.717) is 0 Å². The number of hydrogen-bond acceptors (Lipinski definition) is 2. The van der Waals surface area contributed by atoms with E-state index in [2.05, 4.69) is 10.2 Å². The van der Waals surface area contributed by atoms with Gasteiger partial charge in [0.15, 0.2) is 0 Å². The van der Waals surface area contributed by atoms with Crippen LogP contribution in [0.1, 0.15) is 38.5 Å². The molecule has 13 heavy (non-hydrogen) atoms. The fourth-order valence-electron chi connectivity index (χ4n) is 2.53. The van der Waals surface area contributed by atoms with Crippen molar-refractivity contribution in [1.29, 1.82) is 0 Å². The first-order chi connectivity index (χ1) is 6.45. The van der Waals surface area contributed by atoms with Gasteiger partial charge in [-0.15, -0.1) is 0 Å². The number of hydrogen-bond donors (Lipinski definition) is 1. The van der Waals surface area contributed by atoms with Gasteiger partial charge in [0.05, 0.1) is 0 Å². The highest BCUT2D eigenvalue weighted by Gasteiger charge is 2.17. The lowest BCUT2D eigenvalue weighted by Crippen LogP contribution is -2.45. The van der Waals surface area contributed by atoms with Gasteiger partial charge in [0.1, 0.15) is 0 Å². The van der Waals surface area contributed by atoms with Gasteiger partial charge in [0.2, 0.25) is 0 Å². The van der Waals surface area contributed by atoms with Gasteiger partial charge in [-0.1, -0.05) is 12.8 Å². The minimum atomic E-state index is 0.798. The molecule has 2 aliphatic rings. The largest absolute Gasteiger partial charge is 0.313 e. The van der Waals surface area contributed by atoms with Crippen molar-refractivity contribution in [1.82, 2.24) is 10.2 Å². The van der Waals surface area contributed by atoms with Gasteiger partial charge in [0, 0.05) is 12.6 Å². The molecule has 0 spiro atoms. The average Bonchev–Trinajstić information content (AvgIpc) is 2.21. The monoisotopic (exact) mass is 182 g/mol. The van der Waals surface area contributed by atoms with Crippen molar-refractivity contribution in [3.63, 3.8) is 0 Å². The molecule has 2 rings (SSSR count). The van der Waals surface area contributed by atoms with Gasteiger partial charge < -0.3 is 10.2 Å². The number of nitrogens with zero attached hydrogens (tertiary/aromatic N) is 1. The number of piperidine rings is 2. The van der Waals surface area contributed by atoms with Gasteiger partial charge in [-0.25, -0.2) is 0 Å². The van der Waals surface area contributed by atoms with E-state index < -0.39 is 0 Å². The summed E-state index contributed by atoms with van der Waals surface area (Å²) in [7, 11) is 0. The maximum Gasteiger partial charge on any atom is 0.0195 e. The van der Waals surface area contributed by atoms with Crippen LogP contribution >= 0.6 is 0 Å². The quantitative estimate of drug-likeness (QED) is 0.698. The zero-order valence-electron chi connectivity index (χ0n) is 8.60. The molecule has 1 atom stereocenters. The van der Waals surface area contributed by atoms with Crippen LogP contribution < -0.4 is 5.32 Å². The van der Waals surface area contributed by atoms with Crippen LogP contribution in [0.4, 0.5) is 0 Å². The Kier molecular flexibility index (Phi) is 3.62. The molecule has 0 aromatic rings. The molecular formula is C11H22N2. The molecule has 0 radical (unpaired) electrons. The Morgan fingerprint density at radius 2 is 1.85 bits per heavy atom.